The van der Waals surface area contributed by atoms with Gasteiger partial charge in [0.1, 0.15) is 36.0 Å². The zero-order valence-electron chi connectivity index (χ0n) is 35.7. The number of hydrogen-bond donors (Lipinski definition) is 3. The average molecular weight is 818 g/mol. The highest BCUT2D eigenvalue weighted by Gasteiger charge is 2.28. The van der Waals surface area contributed by atoms with Crippen molar-refractivity contribution >= 4 is 46.0 Å². The molecule has 2 atom stereocenters. The number of carbonyl (C=O) groups is 1. The first-order valence-corrected chi connectivity index (χ1v) is 20.6. The van der Waals surface area contributed by atoms with Crippen molar-refractivity contribution in [2.45, 2.75) is 106 Å². The molecule has 8 heterocycles. The molecule has 6 aromatic rings. The van der Waals surface area contributed by atoms with E-state index in [2.05, 4.69) is 93.1 Å². The molecule has 19 nitrogen and oxygen atoms in total. The van der Waals surface area contributed by atoms with E-state index >= 15 is 0 Å². The van der Waals surface area contributed by atoms with Gasteiger partial charge in [0, 0.05) is 76.0 Å². The Kier molecular flexibility index (Phi) is 14.5. The predicted octanol–water partition coefficient (Wildman–Crippen LogP) is 4.79. The summed E-state index contributed by atoms with van der Waals surface area (Å²) in [5.74, 6) is 5.13. The fourth-order valence-electron chi connectivity index (χ4n) is 6.99. The van der Waals surface area contributed by atoms with E-state index in [1.54, 1.807) is 37.4 Å². The van der Waals surface area contributed by atoms with E-state index in [4.69, 9.17) is 9.97 Å². The lowest BCUT2D eigenvalue weighted by Crippen LogP contribution is -2.32. The molecule has 2 saturated heterocycles. The van der Waals surface area contributed by atoms with Crippen LogP contribution in [0.1, 0.15) is 72.5 Å². The number of amides is 1. The van der Waals surface area contributed by atoms with Crippen LogP contribution >= 0.6 is 0 Å². The third-order valence-electron chi connectivity index (χ3n) is 9.95. The van der Waals surface area contributed by atoms with Crippen LogP contribution in [0.5, 0.6) is 0 Å². The number of nitrogens with zero attached hydrogens (tertiary/aromatic N) is 14. The first-order chi connectivity index (χ1) is 29.0. The third kappa shape index (κ3) is 10.5. The molecule has 60 heavy (non-hydrogen) atoms. The summed E-state index contributed by atoms with van der Waals surface area (Å²) in [4.78, 5) is 71.5. The molecule has 2 fully saturated rings. The molecule has 6 aromatic heterocycles. The number of anilines is 2. The van der Waals surface area contributed by atoms with Crippen molar-refractivity contribution in [2.75, 3.05) is 36.8 Å². The summed E-state index contributed by atoms with van der Waals surface area (Å²) >= 11 is 0. The maximum absolute atomic E-state index is 12.4. The summed E-state index contributed by atoms with van der Waals surface area (Å²) in [5, 5.41) is 10.3. The van der Waals surface area contributed by atoms with Gasteiger partial charge in [0.05, 0.1) is 17.2 Å². The molecule has 0 spiro atoms. The number of aryl methyl sites for hydroxylation is 4. The predicted molar refractivity (Wildman–Crippen MR) is 230 cm³/mol. The molecule has 0 saturated carbocycles. The Morgan fingerprint density at radius 3 is 1.72 bits per heavy atom. The second-order valence-corrected chi connectivity index (χ2v) is 15.4. The van der Waals surface area contributed by atoms with E-state index < -0.39 is 0 Å². The molecule has 2 aliphatic heterocycles. The highest BCUT2D eigenvalue weighted by Crippen LogP contribution is 2.29. The Balaban J connectivity index is 0.000000180. The molecular weight excluding hydrogens is 763 g/mol. The van der Waals surface area contributed by atoms with Crippen LogP contribution in [0.4, 0.5) is 11.6 Å². The first-order valence-electron chi connectivity index (χ1n) is 20.6. The summed E-state index contributed by atoms with van der Waals surface area (Å²) in [7, 11) is 0. The SMILES string of the molecule is CC(C)N=C=O.CCn1c(-c2cnc(C)nc2)nc2c(N[C@H]3CCN(C(=O)CC(C)C)C3)ncnc21.CCn1c(-c2cnc(C)nc2)nc2c(N[C@H]3CCNC3)ncnc21. The zero-order valence-corrected chi connectivity index (χ0v) is 35.7. The largest absolute Gasteiger partial charge is 0.364 e. The Bertz CT molecular complexity index is 2400. The average Bonchev–Trinajstić information content (AvgIpc) is 4.05. The van der Waals surface area contributed by atoms with E-state index in [9.17, 15) is 9.59 Å². The van der Waals surface area contributed by atoms with Crippen LogP contribution in [0, 0.1) is 19.8 Å². The molecular formula is C41H55N17O2. The molecule has 0 radical (unpaired) electrons. The van der Waals surface area contributed by atoms with Crippen molar-refractivity contribution in [2.24, 2.45) is 10.9 Å². The summed E-state index contributed by atoms with van der Waals surface area (Å²) in [5.41, 5.74) is 4.85. The second-order valence-electron chi connectivity index (χ2n) is 15.4. The Hall–Kier alpha value is -6.33. The molecule has 316 valence electrons. The zero-order chi connectivity index (χ0) is 42.8. The summed E-state index contributed by atoms with van der Waals surface area (Å²) in [6, 6.07) is 0.626. The highest BCUT2D eigenvalue weighted by atomic mass is 16.2. The third-order valence-corrected chi connectivity index (χ3v) is 9.95. The van der Waals surface area contributed by atoms with Gasteiger partial charge in [-0.1, -0.05) is 13.8 Å². The Labute approximate surface area is 349 Å². The molecule has 0 aromatic carbocycles. The van der Waals surface area contributed by atoms with Crippen LogP contribution < -0.4 is 16.0 Å². The fourth-order valence-corrected chi connectivity index (χ4v) is 6.99. The number of carbonyl (C=O) groups excluding carboxylic acids is 2. The molecule has 0 bridgehead atoms. The standard InChI is InChI=1S/C21H28N8O.C16H20N8.C4H7NO/c1-5-29-20(15-9-22-14(4)23-10-15)27-18-19(24-12-25-21(18)29)26-16-6-7-28(11-16)17(30)8-13(2)3;1-3-24-15(11-6-18-10(2)19-7-11)23-13-14(20-9-21-16(13)24)22-12-4-5-17-8-12;1-4(2)5-3-6/h9-10,12-13,16H,5-8,11H2,1-4H3,(H,24,25,26);6-7,9,12,17H,3-5,8H2,1-2H3,(H,20,21,22);4H,1-2H3/t16-;12-;/m00./s1. The minimum absolute atomic E-state index is 0.0995. The van der Waals surface area contributed by atoms with Crippen LogP contribution in [-0.4, -0.2) is 120 Å². The maximum atomic E-state index is 12.4. The number of aromatic nitrogens is 12. The van der Waals surface area contributed by atoms with E-state index in [0.717, 1.165) is 108 Å². The topological polar surface area (TPSA) is 225 Å². The molecule has 19 heteroatoms. The first kappa shape index (κ1) is 43.3. The molecule has 1 amide bonds. The minimum atomic E-state index is 0.0995. The van der Waals surface area contributed by atoms with Crippen LogP contribution in [0.15, 0.2) is 42.4 Å². The van der Waals surface area contributed by atoms with Gasteiger partial charge < -0.3 is 30.0 Å². The van der Waals surface area contributed by atoms with Gasteiger partial charge in [-0.25, -0.2) is 59.6 Å². The second kappa shape index (κ2) is 20.1. The maximum Gasteiger partial charge on any atom is 0.235 e. The van der Waals surface area contributed by atoms with Crippen LogP contribution in [0.2, 0.25) is 0 Å². The molecule has 8 rings (SSSR count). The van der Waals surface area contributed by atoms with Crippen molar-refractivity contribution in [3.63, 3.8) is 0 Å². The van der Waals surface area contributed by atoms with E-state index in [0.29, 0.717) is 30.7 Å². The van der Waals surface area contributed by atoms with E-state index in [1.165, 1.54) is 6.08 Å². The molecule has 2 aliphatic rings. The van der Waals surface area contributed by atoms with Crippen LogP contribution in [0.25, 0.3) is 45.1 Å². The van der Waals surface area contributed by atoms with Gasteiger partial charge in [-0.2, -0.15) is 0 Å². The molecule has 3 N–H and O–H groups in total. The molecule has 0 aliphatic carbocycles. The fraction of sp³-hybridized carbons (Fsp3) is 0.512. The van der Waals surface area contributed by atoms with E-state index in [-0.39, 0.29) is 18.0 Å². The van der Waals surface area contributed by atoms with Gasteiger partial charge in [-0.3, -0.25) is 4.79 Å². The van der Waals surface area contributed by atoms with Gasteiger partial charge in [0.2, 0.25) is 12.0 Å². The van der Waals surface area contributed by atoms with Crippen LogP contribution in [-0.2, 0) is 22.7 Å². The lowest BCUT2D eigenvalue weighted by molar-refractivity contribution is -0.130. The number of likely N-dealkylation sites (tertiary alicyclic amines) is 1. The van der Waals surface area contributed by atoms with Gasteiger partial charge >= 0.3 is 0 Å². The van der Waals surface area contributed by atoms with Gasteiger partial charge in [-0.15, -0.1) is 0 Å². The van der Waals surface area contributed by atoms with E-state index in [1.807, 2.05) is 37.2 Å². The number of aliphatic imine (C=N–C) groups is 1. The number of imidazole rings is 2. The quantitative estimate of drug-likeness (QED) is 0.118. The monoisotopic (exact) mass is 817 g/mol. The lowest BCUT2D eigenvalue weighted by atomic mass is 10.1. The van der Waals surface area contributed by atoms with Crippen molar-refractivity contribution in [1.82, 2.24) is 69.2 Å². The number of isocyanates is 1. The Morgan fingerprint density at radius 1 is 0.783 bits per heavy atom. The van der Waals surface area contributed by atoms with Gasteiger partial charge in [0.25, 0.3) is 0 Å². The highest BCUT2D eigenvalue weighted by molar-refractivity contribution is 5.87. The number of hydrogen-bond acceptors (Lipinski definition) is 16. The van der Waals surface area contributed by atoms with Crippen molar-refractivity contribution < 1.29 is 9.59 Å². The van der Waals surface area contributed by atoms with Crippen molar-refractivity contribution in [3.8, 4) is 22.8 Å². The Morgan fingerprint density at radius 2 is 1.30 bits per heavy atom. The lowest BCUT2D eigenvalue weighted by Gasteiger charge is -2.18. The van der Waals surface area contributed by atoms with Gasteiger partial charge in [-0.05, 0) is 66.8 Å². The summed E-state index contributed by atoms with van der Waals surface area (Å²) in [6.45, 7) is 20.6. The number of rotatable bonds is 11. The minimum Gasteiger partial charge on any atom is -0.364 e. The van der Waals surface area contributed by atoms with Gasteiger partial charge in [0.15, 0.2) is 34.0 Å². The smallest absolute Gasteiger partial charge is 0.235 e. The summed E-state index contributed by atoms with van der Waals surface area (Å²) < 4.78 is 4.12. The van der Waals surface area contributed by atoms with Crippen molar-refractivity contribution in [3.05, 3.63) is 49.1 Å². The normalized spacial score (nSPS) is 16.1. The van der Waals surface area contributed by atoms with Crippen molar-refractivity contribution in [1.29, 1.82) is 0 Å². The van der Waals surface area contributed by atoms with Crippen LogP contribution in [0.3, 0.4) is 0 Å². The summed E-state index contributed by atoms with van der Waals surface area (Å²) in [6.07, 6.45) is 14.3. The number of fused-ring (bicyclic) bond motifs is 2. The molecule has 0 unspecified atom stereocenters. The number of nitrogens with one attached hydrogen (secondary N) is 3.